The zero-order valence-corrected chi connectivity index (χ0v) is 10.7. The van der Waals surface area contributed by atoms with Crippen molar-refractivity contribution in [2.75, 3.05) is 25.1 Å². The molecule has 0 aliphatic carbocycles. The van der Waals surface area contributed by atoms with Crippen LogP contribution in [0, 0.1) is 0 Å². The maximum atomic E-state index is 11.7. The van der Waals surface area contributed by atoms with Gasteiger partial charge in [0.05, 0.1) is 0 Å². The average molecular weight is 262 g/mol. The Balaban J connectivity index is 2.47. The second-order valence-corrected chi connectivity index (χ2v) is 5.61. The molecule has 0 radical (unpaired) electrons. The lowest BCUT2D eigenvalue weighted by Gasteiger charge is -2.32. The summed E-state index contributed by atoms with van der Waals surface area (Å²) in [6, 6.07) is -1.10. The van der Waals surface area contributed by atoms with Crippen molar-refractivity contribution >= 4 is 22.8 Å². The number of carbonyl (C=O) groups excluding carboxylic acids is 1. The molecule has 0 saturated carbocycles. The molecule has 0 aromatic heterocycles. The highest BCUT2D eigenvalue weighted by molar-refractivity contribution is 7.84. The van der Waals surface area contributed by atoms with Crippen LogP contribution < -0.4 is 5.32 Å². The molecule has 7 heteroatoms. The Bertz CT molecular complexity index is 321. The molecule has 0 aromatic rings. The highest BCUT2D eigenvalue weighted by Crippen LogP contribution is 2.16. The Hall–Kier alpha value is -1.11. The van der Waals surface area contributed by atoms with Gasteiger partial charge in [-0.05, 0) is 19.3 Å². The molecule has 1 heterocycles. The number of piperidine rings is 1. The summed E-state index contributed by atoms with van der Waals surface area (Å²) in [5, 5.41) is 11.6. The zero-order valence-electron chi connectivity index (χ0n) is 9.85. The molecule has 2 N–H and O–H groups in total. The molecule has 1 fully saturated rings. The van der Waals surface area contributed by atoms with E-state index in [0.717, 1.165) is 12.8 Å². The first-order chi connectivity index (χ1) is 8.02. The summed E-state index contributed by atoms with van der Waals surface area (Å²) >= 11 is 0. The van der Waals surface area contributed by atoms with Gasteiger partial charge in [0, 0.05) is 35.9 Å². The number of carboxylic acid groups (broad SMARTS) is 1. The predicted octanol–water partition coefficient (Wildman–Crippen LogP) is 0.0136. The second-order valence-electron chi connectivity index (χ2n) is 4.05. The first-order valence-electron chi connectivity index (χ1n) is 5.59. The van der Waals surface area contributed by atoms with Crippen molar-refractivity contribution in [3.63, 3.8) is 0 Å². The van der Waals surface area contributed by atoms with Crippen LogP contribution in [0.25, 0.3) is 0 Å². The van der Waals surface area contributed by atoms with Crippen molar-refractivity contribution in [2.45, 2.75) is 25.3 Å². The molecule has 1 aliphatic heterocycles. The lowest BCUT2D eigenvalue weighted by molar-refractivity contribution is -0.143. The number of likely N-dealkylation sites (tertiary alicyclic amines) is 1. The van der Waals surface area contributed by atoms with Gasteiger partial charge in [0.2, 0.25) is 0 Å². The quantitative estimate of drug-likeness (QED) is 0.747. The molecule has 2 atom stereocenters. The maximum absolute atomic E-state index is 11.7. The molecule has 0 bridgehead atoms. The number of aliphatic carboxylic acids is 1. The molecule has 0 spiro atoms. The third-order valence-electron chi connectivity index (χ3n) is 2.71. The van der Waals surface area contributed by atoms with E-state index in [1.54, 1.807) is 6.26 Å². The van der Waals surface area contributed by atoms with Gasteiger partial charge in [0.1, 0.15) is 6.04 Å². The van der Waals surface area contributed by atoms with Crippen LogP contribution in [0.5, 0.6) is 0 Å². The molecular formula is C10H18N2O4S. The molecule has 6 nitrogen and oxygen atoms in total. The summed E-state index contributed by atoms with van der Waals surface area (Å²) in [5.41, 5.74) is 0. The fourth-order valence-corrected chi connectivity index (χ4v) is 2.22. The van der Waals surface area contributed by atoms with Crippen molar-refractivity contribution in [1.29, 1.82) is 0 Å². The van der Waals surface area contributed by atoms with Crippen molar-refractivity contribution < 1.29 is 18.9 Å². The van der Waals surface area contributed by atoms with Gasteiger partial charge in [-0.25, -0.2) is 9.59 Å². The molecule has 2 amide bonds. The van der Waals surface area contributed by atoms with Crippen LogP contribution in [-0.2, 0) is 15.6 Å². The number of carboxylic acids is 1. The topological polar surface area (TPSA) is 86.7 Å². The summed E-state index contributed by atoms with van der Waals surface area (Å²) in [6.45, 7) is 0.781. The Morgan fingerprint density at radius 2 is 2.18 bits per heavy atom. The van der Waals surface area contributed by atoms with E-state index in [0.29, 0.717) is 25.3 Å². The molecule has 1 rings (SSSR count). The van der Waals surface area contributed by atoms with E-state index in [4.69, 9.17) is 5.11 Å². The van der Waals surface area contributed by atoms with Crippen LogP contribution in [0.2, 0.25) is 0 Å². The van der Waals surface area contributed by atoms with E-state index in [9.17, 15) is 13.8 Å². The lowest BCUT2D eigenvalue weighted by atomic mass is 10.0. The number of urea groups is 1. The highest BCUT2D eigenvalue weighted by atomic mass is 32.2. The predicted molar refractivity (Wildman–Crippen MR) is 64.3 cm³/mol. The summed E-state index contributed by atoms with van der Waals surface area (Å²) in [4.78, 5) is 24.1. The van der Waals surface area contributed by atoms with Crippen molar-refractivity contribution in [3.05, 3.63) is 0 Å². The number of amides is 2. The molecule has 98 valence electrons. The van der Waals surface area contributed by atoms with E-state index in [-0.39, 0.29) is 6.03 Å². The highest BCUT2D eigenvalue weighted by Gasteiger charge is 2.31. The van der Waals surface area contributed by atoms with Crippen LogP contribution in [0.1, 0.15) is 19.3 Å². The number of nitrogens with one attached hydrogen (secondary N) is 1. The number of rotatable bonds is 4. The zero-order chi connectivity index (χ0) is 12.8. The molecule has 0 aromatic carbocycles. The summed E-state index contributed by atoms with van der Waals surface area (Å²) < 4.78 is 10.8. The van der Waals surface area contributed by atoms with Crippen LogP contribution in [0.15, 0.2) is 0 Å². The van der Waals surface area contributed by atoms with Crippen LogP contribution in [0.4, 0.5) is 4.79 Å². The van der Waals surface area contributed by atoms with E-state index in [2.05, 4.69) is 5.32 Å². The number of hydrogen-bond acceptors (Lipinski definition) is 3. The molecular weight excluding hydrogens is 244 g/mol. The Kier molecular flexibility index (Phi) is 5.40. The molecule has 17 heavy (non-hydrogen) atoms. The maximum Gasteiger partial charge on any atom is 0.326 e. The van der Waals surface area contributed by atoms with Gasteiger partial charge < -0.3 is 15.3 Å². The SMILES string of the molecule is CS(=O)CCNC(=O)N1CCCCC1C(=O)O. The van der Waals surface area contributed by atoms with Gasteiger partial charge >= 0.3 is 12.0 Å². The third-order valence-corrected chi connectivity index (χ3v) is 3.49. The van der Waals surface area contributed by atoms with Crippen LogP contribution >= 0.6 is 0 Å². The minimum Gasteiger partial charge on any atom is -0.480 e. The first-order valence-corrected chi connectivity index (χ1v) is 7.32. The van der Waals surface area contributed by atoms with Crippen molar-refractivity contribution in [2.24, 2.45) is 0 Å². The van der Waals surface area contributed by atoms with E-state index in [1.807, 2.05) is 0 Å². The van der Waals surface area contributed by atoms with Gasteiger partial charge in [0.15, 0.2) is 0 Å². The summed E-state index contributed by atoms with van der Waals surface area (Å²) in [5.74, 6) is -0.573. The molecule has 1 saturated heterocycles. The Morgan fingerprint density at radius 3 is 2.76 bits per heavy atom. The lowest BCUT2D eigenvalue weighted by Crippen LogP contribution is -2.52. The van der Waals surface area contributed by atoms with Gasteiger partial charge in [-0.2, -0.15) is 0 Å². The Morgan fingerprint density at radius 1 is 1.47 bits per heavy atom. The summed E-state index contributed by atoms with van der Waals surface area (Å²) in [7, 11) is -0.954. The van der Waals surface area contributed by atoms with E-state index < -0.39 is 22.8 Å². The minimum absolute atomic E-state index is 0.310. The first kappa shape index (κ1) is 14.0. The fraction of sp³-hybridized carbons (Fsp3) is 0.800. The largest absolute Gasteiger partial charge is 0.480 e. The van der Waals surface area contributed by atoms with Crippen LogP contribution in [-0.4, -0.2) is 57.4 Å². The van der Waals surface area contributed by atoms with E-state index >= 15 is 0 Å². The molecule has 1 aliphatic rings. The number of hydrogen-bond donors (Lipinski definition) is 2. The average Bonchev–Trinajstić information content (AvgIpc) is 2.28. The standard InChI is InChI=1S/C10H18N2O4S/c1-17(16)7-5-11-10(15)12-6-3-2-4-8(12)9(13)14/h8H,2-7H2,1H3,(H,11,15)(H,13,14). The Labute approximate surface area is 103 Å². The monoisotopic (exact) mass is 262 g/mol. The van der Waals surface area contributed by atoms with Gasteiger partial charge in [0.25, 0.3) is 0 Å². The fourth-order valence-electron chi connectivity index (χ4n) is 1.83. The normalized spacial score (nSPS) is 21.9. The number of carbonyl (C=O) groups is 2. The van der Waals surface area contributed by atoms with Crippen molar-refractivity contribution in [1.82, 2.24) is 10.2 Å². The second kappa shape index (κ2) is 6.58. The van der Waals surface area contributed by atoms with Crippen molar-refractivity contribution in [3.8, 4) is 0 Å². The minimum atomic E-state index is -0.959. The molecule has 2 unspecified atom stereocenters. The van der Waals surface area contributed by atoms with Crippen LogP contribution in [0.3, 0.4) is 0 Å². The summed E-state index contributed by atoms with van der Waals surface area (Å²) in [6.07, 6.45) is 3.73. The van der Waals surface area contributed by atoms with Gasteiger partial charge in [-0.1, -0.05) is 0 Å². The van der Waals surface area contributed by atoms with Gasteiger partial charge in [-0.3, -0.25) is 4.21 Å². The number of nitrogens with zero attached hydrogens (tertiary/aromatic N) is 1. The van der Waals surface area contributed by atoms with Gasteiger partial charge in [-0.15, -0.1) is 0 Å². The van der Waals surface area contributed by atoms with E-state index in [1.165, 1.54) is 4.90 Å². The third kappa shape index (κ3) is 4.33. The smallest absolute Gasteiger partial charge is 0.326 e.